The van der Waals surface area contributed by atoms with E-state index < -0.39 is 0 Å². The summed E-state index contributed by atoms with van der Waals surface area (Å²) in [4.78, 5) is 19.0. The molecule has 0 spiro atoms. The van der Waals surface area contributed by atoms with E-state index in [2.05, 4.69) is 14.7 Å². The highest BCUT2D eigenvalue weighted by molar-refractivity contribution is 7.09. The van der Waals surface area contributed by atoms with E-state index in [1.807, 2.05) is 17.9 Å². The number of rotatable bonds is 6. The van der Waals surface area contributed by atoms with Gasteiger partial charge in [-0.3, -0.25) is 4.79 Å². The molecule has 0 saturated carbocycles. The van der Waals surface area contributed by atoms with Crippen LogP contribution in [-0.4, -0.2) is 46.4 Å². The third kappa shape index (κ3) is 5.64. The maximum absolute atomic E-state index is 12.6. The first-order chi connectivity index (χ1) is 13.2. The molecule has 0 aromatic carbocycles. The first-order valence-corrected chi connectivity index (χ1v) is 10.1. The summed E-state index contributed by atoms with van der Waals surface area (Å²) in [5, 5.41) is 4.23. The third-order valence-corrected chi connectivity index (χ3v) is 5.31. The molecule has 0 aliphatic carbocycles. The van der Waals surface area contributed by atoms with Crippen LogP contribution in [0.5, 0.6) is 0 Å². The van der Waals surface area contributed by atoms with E-state index >= 15 is 0 Å². The molecule has 3 rings (SSSR count). The fourth-order valence-electron chi connectivity index (χ4n) is 3.02. The van der Waals surface area contributed by atoms with Crippen LogP contribution in [0.4, 0.5) is 5.13 Å². The van der Waals surface area contributed by atoms with E-state index in [1.54, 1.807) is 31.6 Å². The van der Waals surface area contributed by atoms with Gasteiger partial charge in [-0.25, -0.2) is 4.98 Å². The number of nitrogens with zero attached hydrogens (tertiary/aromatic N) is 3. The molecule has 8 heteroatoms. The fourth-order valence-corrected chi connectivity index (χ4v) is 3.74. The number of nitrogens with one attached hydrogen (secondary N) is 1. The Bertz CT molecular complexity index is 744. The normalized spacial score (nSPS) is 19.6. The topological polar surface area (TPSA) is 80.5 Å². The first kappa shape index (κ1) is 19.6. The zero-order chi connectivity index (χ0) is 19.1. The molecular formula is C19H26N4O3S. The summed E-state index contributed by atoms with van der Waals surface area (Å²) < 4.78 is 14.9. The number of ether oxygens (including phenoxy) is 1. The lowest BCUT2D eigenvalue weighted by Crippen LogP contribution is -2.41. The van der Waals surface area contributed by atoms with Crippen LogP contribution in [0, 0.1) is 0 Å². The van der Waals surface area contributed by atoms with Crippen LogP contribution in [0.15, 0.2) is 28.9 Å². The van der Waals surface area contributed by atoms with Crippen molar-refractivity contribution in [1.29, 1.82) is 0 Å². The van der Waals surface area contributed by atoms with Gasteiger partial charge in [-0.1, -0.05) is 12.8 Å². The van der Waals surface area contributed by atoms with Crippen molar-refractivity contribution in [2.45, 2.75) is 44.8 Å². The van der Waals surface area contributed by atoms with Gasteiger partial charge in [0, 0.05) is 43.8 Å². The Labute approximate surface area is 163 Å². The van der Waals surface area contributed by atoms with Crippen molar-refractivity contribution in [2.75, 3.05) is 25.5 Å². The largest absolute Gasteiger partial charge is 0.465 e. The molecule has 2 aromatic rings. The number of carbonyl (C=O) groups excluding carboxylic acids is 1. The lowest BCUT2D eigenvalue weighted by atomic mass is 10.0. The standard InChI is InChI=1S/C19H26N4O3S/c1-14(25-2)18-21-19(27-22-18)20-15-7-4-3-5-11-23(13-15)17(24)10-9-16-8-6-12-26-16/h6,8-10,12,14-15H,3-5,7,11,13H2,1-2H3,(H,20,21,22)/b10-9+. The number of hydrogen-bond donors (Lipinski definition) is 1. The Morgan fingerprint density at radius 1 is 1.48 bits per heavy atom. The van der Waals surface area contributed by atoms with Gasteiger partial charge < -0.3 is 19.4 Å². The van der Waals surface area contributed by atoms with Gasteiger partial charge in [-0.2, -0.15) is 4.37 Å². The molecule has 1 amide bonds. The molecule has 2 aromatic heterocycles. The van der Waals surface area contributed by atoms with Crippen molar-refractivity contribution >= 4 is 28.6 Å². The van der Waals surface area contributed by atoms with Crippen molar-refractivity contribution in [2.24, 2.45) is 0 Å². The molecule has 146 valence electrons. The summed E-state index contributed by atoms with van der Waals surface area (Å²) in [5.74, 6) is 1.37. The van der Waals surface area contributed by atoms with Gasteiger partial charge in [0.1, 0.15) is 11.9 Å². The summed E-state index contributed by atoms with van der Waals surface area (Å²) in [6.07, 6.45) is 9.06. The third-order valence-electron chi connectivity index (χ3n) is 4.65. The van der Waals surface area contributed by atoms with Crippen LogP contribution in [0.2, 0.25) is 0 Å². The molecule has 2 atom stereocenters. The highest BCUT2D eigenvalue weighted by atomic mass is 32.1. The minimum atomic E-state index is -0.126. The molecule has 3 heterocycles. The maximum Gasteiger partial charge on any atom is 0.246 e. The molecule has 1 aliphatic heterocycles. The van der Waals surface area contributed by atoms with Crippen LogP contribution in [0.1, 0.15) is 50.3 Å². The molecule has 1 N–H and O–H groups in total. The van der Waals surface area contributed by atoms with E-state index in [4.69, 9.17) is 9.15 Å². The quantitative estimate of drug-likeness (QED) is 0.757. The second-order valence-corrected chi connectivity index (χ2v) is 7.41. The molecule has 7 nitrogen and oxygen atoms in total. The fraction of sp³-hybridized carbons (Fsp3) is 0.526. The van der Waals surface area contributed by atoms with Crippen molar-refractivity contribution in [1.82, 2.24) is 14.3 Å². The van der Waals surface area contributed by atoms with Gasteiger partial charge >= 0.3 is 0 Å². The van der Waals surface area contributed by atoms with Crippen molar-refractivity contribution < 1.29 is 13.9 Å². The number of hydrogen-bond acceptors (Lipinski definition) is 7. The molecular weight excluding hydrogens is 364 g/mol. The lowest BCUT2D eigenvalue weighted by molar-refractivity contribution is -0.126. The van der Waals surface area contributed by atoms with Gasteiger partial charge in [0.25, 0.3) is 0 Å². The number of amides is 1. The number of likely N-dealkylation sites (tertiary alicyclic amines) is 1. The molecule has 1 fully saturated rings. The zero-order valence-electron chi connectivity index (χ0n) is 15.8. The lowest BCUT2D eigenvalue weighted by Gasteiger charge is -2.29. The van der Waals surface area contributed by atoms with Crippen LogP contribution in [0.3, 0.4) is 0 Å². The number of methoxy groups -OCH3 is 1. The first-order valence-electron chi connectivity index (χ1n) is 9.29. The van der Waals surface area contributed by atoms with E-state index in [9.17, 15) is 4.79 Å². The Morgan fingerprint density at radius 2 is 2.37 bits per heavy atom. The average molecular weight is 391 g/mol. The molecule has 0 radical (unpaired) electrons. The average Bonchev–Trinajstić information content (AvgIpc) is 3.33. The second-order valence-electron chi connectivity index (χ2n) is 6.66. The van der Waals surface area contributed by atoms with Crippen LogP contribution in [0.25, 0.3) is 6.08 Å². The van der Waals surface area contributed by atoms with Gasteiger partial charge in [-0.15, -0.1) is 0 Å². The number of carbonyl (C=O) groups is 1. The van der Waals surface area contributed by atoms with Gasteiger partial charge in [0.2, 0.25) is 11.0 Å². The molecule has 27 heavy (non-hydrogen) atoms. The van der Waals surface area contributed by atoms with E-state index in [-0.39, 0.29) is 18.1 Å². The number of furan rings is 1. The number of anilines is 1. The van der Waals surface area contributed by atoms with E-state index in [0.29, 0.717) is 18.1 Å². The Hall–Kier alpha value is -2.19. The molecule has 2 unspecified atom stereocenters. The van der Waals surface area contributed by atoms with Gasteiger partial charge in [0.15, 0.2) is 5.82 Å². The van der Waals surface area contributed by atoms with Crippen LogP contribution in [-0.2, 0) is 9.53 Å². The predicted octanol–water partition coefficient (Wildman–Crippen LogP) is 3.74. The minimum absolute atomic E-state index is 0.00561. The Kier molecular flexibility index (Phi) is 7.00. The van der Waals surface area contributed by atoms with Gasteiger partial charge in [-0.05, 0) is 38.0 Å². The van der Waals surface area contributed by atoms with Crippen LogP contribution < -0.4 is 5.32 Å². The highest BCUT2D eigenvalue weighted by Crippen LogP contribution is 2.21. The summed E-state index contributed by atoms with van der Waals surface area (Å²) in [7, 11) is 1.65. The smallest absolute Gasteiger partial charge is 0.246 e. The summed E-state index contributed by atoms with van der Waals surface area (Å²) in [6.45, 7) is 3.34. The summed E-state index contributed by atoms with van der Waals surface area (Å²) in [5.41, 5.74) is 0. The number of aromatic nitrogens is 2. The van der Waals surface area contributed by atoms with Crippen molar-refractivity contribution in [3.63, 3.8) is 0 Å². The molecule has 0 bridgehead atoms. The monoisotopic (exact) mass is 390 g/mol. The van der Waals surface area contributed by atoms with Gasteiger partial charge in [0.05, 0.1) is 6.26 Å². The molecule has 1 aliphatic rings. The summed E-state index contributed by atoms with van der Waals surface area (Å²) in [6, 6.07) is 3.79. The Balaban J connectivity index is 1.62. The maximum atomic E-state index is 12.6. The van der Waals surface area contributed by atoms with Crippen LogP contribution >= 0.6 is 11.5 Å². The SMILES string of the molecule is COC(C)c1nsc(NC2CCCCCN(C(=O)/C=C/c3ccco3)C2)n1. The van der Waals surface area contributed by atoms with E-state index in [1.165, 1.54) is 11.5 Å². The van der Waals surface area contributed by atoms with Crippen molar-refractivity contribution in [3.8, 4) is 0 Å². The summed E-state index contributed by atoms with van der Waals surface area (Å²) >= 11 is 1.34. The molecule has 1 saturated heterocycles. The Morgan fingerprint density at radius 3 is 3.15 bits per heavy atom. The van der Waals surface area contributed by atoms with Crippen molar-refractivity contribution in [3.05, 3.63) is 36.1 Å². The highest BCUT2D eigenvalue weighted by Gasteiger charge is 2.21. The minimum Gasteiger partial charge on any atom is -0.465 e. The second kappa shape index (κ2) is 9.66. The zero-order valence-corrected chi connectivity index (χ0v) is 16.6. The van der Waals surface area contributed by atoms with E-state index in [0.717, 1.165) is 37.4 Å². The predicted molar refractivity (Wildman–Crippen MR) is 106 cm³/mol.